The molecule has 8 heteroatoms. The van der Waals surface area contributed by atoms with Crippen LogP contribution in [0.5, 0.6) is 5.75 Å². The van der Waals surface area contributed by atoms with Gasteiger partial charge in [-0.2, -0.15) is 4.31 Å². The molecule has 4 rings (SSSR count). The van der Waals surface area contributed by atoms with Gasteiger partial charge in [-0.05, 0) is 67.3 Å². The largest absolute Gasteiger partial charge is 0.495 e. The van der Waals surface area contributed by atoms with Gasteiger partial charge in [-0.15, -0.1) is 0 Å². The van der Waals surface area contributed by atoms with Crippen LogP contribution < -0.4 is 9.64 Å². The molecule has 3 aromatic rings. The van der Waals surface area contributed by atoms with Crippen molar-refractivity contribution in [1.29, 1.82) is 0 Å². The van der Waals surface area contributed by atoms with E-state index in [9.17, 15) is 13.2 Å². The van der Waals surface area contributed by atoms with Crippen molar-refractivity contribution in [1.82, 2.24) is 4.31 Å². The van der Waals surface area contributed by atoms with Gasteiger partial charge >= 0.3 is 0 Å². The summed E-state index contributed by atoms with van der Waals surface area (Å²) in [6.45, 7) is 3.59. The molecule has 0 fully saturated rings. The summed E-state index contributed by atoms with van der Waals surface area (Å²) < 4.78 is 35.3. The van der Waals surface area contributed by atoms with Gasteiger partial charge in [0.2, 0.25) is 15.9 Å². The van der Waals surface area contributed by atoms with Crippen molar-refractivity contribution in [2.75, 3.05) is 18.6 Å². The van der Waals surface area contributed by atoms with E-state index in [1.165, 1.54) is 11.4 Å². The summed E-state index contributed by atoms with van der Waals surface area (Å²) in [5.41, 5.74) is 3.47. The molecule has 1 aliphatic rings. The van der Waals surface area contributed by atoms with E-state index in [0.717, 1.165) is 33.3 Å². The number of sulfonamides is 1. The van der Waals surface area contributed by atoms with E-state index >= 15 is 0 Å². The Morgan fingerprint density at radius 2 is 1.85 bits per heavy atom. The highest BCUT2D eigenvalue weighted by Crippen LogP contribution is 2.35. The number of fused-ring (bicyclic) bond motifs is 1. The third-order valence-corrected chi connectivity index (χ3v) is 8.28. The summed E-state index contributed by atoms with van der Waals surface area (Å²) in [7, 11) is -2.60. The molecule has 0 aromatic heterocycles. The lowest BCUT2D eigenvalue weighted by Gasteiger charge is -2.28. The third-order valence-electron chi connectivity index (χ3n) is 5.98. The molecular weight excluding hydrogens is 516 g/mol. The van der Waals surface area contributed by atoms with E-state index in [1.807, 2.05) is 62.4 Å². The lowest BCUT2D eigenvalue weighted by molar-refractivity contribution is -0.119. The molecule has 1 amide bonds. The minimum absolute atomic E-state index is 0.0533. The Balaban J connectivity index is 1.72. The number of halogens is 1. The van der Waals surface area contributed by atoms with Crippen molar-refractivity contribution >= 4 is 37.5 Å². The van der Waals surface area contributed by atoms with Crippen LogP contribution in [-0.4, -0.2) is 38.3 Å². The molecule has 0 bridgehead atoms. The topological polar surface area (TPSA) is 66.9 Å². The predicted octanol–water partition coefficient (Wildman–Crippen LogP) is 4.93. The first-order valence-electron chi connectivity index (χ1n) is 11.0. The fraction of sp³-hybridized carbons (Fsp3) is 0.269. The number of carbonyl (C=O) groups excluding carboxylic acids is 1. The van der Waals surface area contributed by atoms with Crippen LogP contribution in [0, 0.1) is 6.92 Å². The molecule has 0 radical (unpaired) electrons. The van der Waals surface area contributed by atoms with E-state index in [0.29, 0.717) is 0 Å². The molecule has 0 spiro atoms. The second-order valence-electron chi connectivity index (χ2n) is 8.50. The fourth-order valence-electron chi connectivity index (χ4n) is 4.34. The van der Waals surface area contributed by atoms with Crippen molar-refractivity contribution in [2.24, 2.45) is 0 Å². The van der Waals surface area contributed by atoms with Gasteiger partial charge in [-0.1, -0.05) is 52.3 Å². The predicted molar refractivity (Wildman–Crippen MR) is 137 cm³/mol. The van der Waals surface area contributed by atoms with Crippen LogP contribution in [0.15, 0.2) is 76.1 Å². The van der Waals surface area contributed by atoms with Crippen LogP contribution in [0.1, 0.15) is 23.6 Å². The molecule has 0 aliphatic carbocycles. The normalized spacial score (nSPS) is 15.4. The molecule has 0 saturated carbocycles. The number of benzene rings is 3. The number of ether oxygens (including phenoxy) is 1. The zero-order chi connectivity index (χ0) is 24.5. The molecule has 3 aromatic carbocycles. The minimum atomic E-state index is -4.04. The molecule has 34 heavy (non-hydrogen) atoms. The zero-order valence-corrected chi connectivity index (χ0v) is 21.8. The Labute approximate surface area is 209 Å². The monoisotopic (exact) mass is 542 g/mol. The first kappa shape index (κ1) is 24.4. The quantitative estimate of drug-likeness (QED) is 0.424. The van der Waals surface area contributed by atoms with Crippen LogP contribution in [0.2, 0.25) is 0 Å². The first-order chi connectivity index (χ1) is 16.2. The Morgan fingerprint density at radius 1 is 1.12 bits per heavy atom. The fourth-order valence-corrected chi connectivity index (χ4v) is 6.37. The van der Waals surface area contributed by atoms with Crippen LogP contribution in [0.4, 0.5) is 5.69 Å². The van der Waals surface area contributed by atoms with Crippen LogP contribution in [-0.2, 0) is 27.8 Å². The maximum Gasteiger partial charge on any atom is 0.247 e. The molecule has 1 atom stereocenters. The van der Waals surface area contributed by atoms with Crippen molar-refractivity contribution < 1.29 is 17.9 Å². The van der Waals surface area contributed by atoms with E-state index in [1.54, 1.807) is 23.1 Å². The maximum atomic E-state index is 13.9. The van der Waals surface area contributed by atoms with Crippen molar-refractivity contribution in [3.63, 3.8) is 0 Å². The van der Waals surface area contributed by atoms with Crippen LogP contribution >= 0.6 is 15.9 Å². The van der Waals surface area contributed by atoms with Gasteiger partial charge in [0, 0.05) is 22.7 Å². The number of methoxy groups -OCH3 is 1. The van der Waals surface area contributed by atoms with Gasteiger partial charge in [-0.3, -0.25) is 4.79 Å². The lowest BCUT2D eigenvalue weighted by Crippen LogP contribution is -2.44. The van der Waals surface area contributed by atoms with E-state index in [4.69, 9.17) is 4.74 Å². The molecule has 0 N–H and O–H groups in total. The molecule has 0 saturated heterocycles. The van der Waals surface area contributed by atoms with Gasteiger partial charge in [0.15, 0.2) is 0 Å². The van der Waals surface area contributed by atoms with Gasteiger partial charge < -0.3 is 9.64 Å². The summed E-state index contributed by atoms with van der Waals surface area (Å²) in [6, 6.07) is 20.1. The molecular formula is C26H27BrN2O4S. The summed E-state index contributed by atoms with van der Waals surface area (Å²) in [5.74, 6) is -0.0134. The van der Waals surface area contributed by atoms with Gasteiger partial charge in [-0.25, -0.2) is 8.42 Å². The standard InChI is InChI=1S/C26H27BrN2O4S/c1-18-9-12-24(33-3)25(13-18)34(31,32)28(16-20-7-5-4-6-8-20)17-26(30)29-19(2)14-21-15-22(27)10-11-23(21)29/h4-13,15,19H,14,16-17H2,1-3H3/t19-/m0/s1. The maximum absolute atomic E-state index is 13.9. The van der Waals surface area contributed by atoms with E-state index in [2.05, 4.69) is 15.9 Å². The summed E-state index contributed by atoms with van der Waals surface area (Å²) in [4.78, 5) is 15.3. The number of aryl methyl sites for hydroxylation is 1. The van der Waals surface area contributed by atoms with Crippen molar-refractivity contribution in [3.05, 3.63) is 87.9 Å². The summed E-state index contributed by atoms with van der Waals surface area (Å²) >= 11 is 3.49. The summed E-state index contributed by atoms with van der Waals surface area (Å²) in [6.07, 6.45) is 0.720. The minimum Gasteiger partial charge on any atom is -0.495 e. The number of rotatable bonds is 7. The SMILES string of the molecule is COc1ccc(C)cc1S(=O)(=O)N(CC(=O)N1c2ccc(Br)cc2C[C@@H]1C)Cc1ccccc1. The highest BCUT2D eigenvalue weighted by Gasteiger charge is 2.35. The zero-order valence-electron chi connectivity index (χ0n) is 19.4. The molecule has 1 aliphatic heterocycles. The van der Waals surface area contributed by atoms with Gasteiger partial charge in [0.1, 0.15) is 10.6 Å². The van der Waals surface area contributed by atoms with Crippen LogP contribution in [0.3, 0.4) is 0 Å². The van der Waals surface area contributed by atoms with Crippen LogP contribution in [0.25, 0.3) is 0 Å². The van der Waals surface area contributed by atoms with Gasteiger partial charge in [0.05, 0.1) is 13.7 Å². The smallest absolute Gasteiger partial charge is 0.247 e. The average Bonchev–Trinajstić information content (AvgIpc) is 3.14. The highest BCUT2D eigenvalue weighted by molar-refractivity contribution is 9.10. The number of amides is 1. The second kappa shape index (κ2) is 9.90. The summed E-state index contributed by atoms with van der Waals surface area (Å²) in [5, 5.41) is 0. The Hall–Kier alpha value is -2.68. The van der Waals surface area contributed by atoms with E-state index in [-0.39, 0.29) is 35.7 Å². The number of carbonyl (C=O) groups is 1. The molecule has 1 heterocycles. The molecule has 0 unspecified atom stereocenters. The van der Waals surface area contributed by atoms with Gasteiger partial charge in [0.25, 0.3) is 0 Å². The second-order valence-corrected chi connectivity index (χ2v) is 11.3. The van der Waals surface area contributed by atoms with Crippen molar-refractivity contribution in [2.45, 2.75) is 37.8 Å². The first-order valence-corrected chi connectivity index (χ1v) is 13.2. The van der Waals surface area contributed by atoms with E-state index < -0.39 is 10.0 Å². The number of nitrogens with zero attached hydrogens (tertiary/aromatic N) is 2. The lowest BCUT2D eigenvalue weighted by atomic mass is 10.1. The average molecular weight is 543 g/mol. The number of hydrogen-bond acceptors (Lipinski definition) is 4. The third kappa shape index (κ3) is 4.89. The number of anilines is 1. The Kier molecular flexibility index (Phi) is 7.12. The van der Waals surface area contributed by atoms with Crippen molar-refractivity contribution in [3.8, 4) is 5.75 Å². The molecule has 6 nitrogen and oxygen atoms in total. The Bertz CT molecular complexity index is 1310. The number of hydrogen-bond donors (Lipinski definition) is 0. The molecule has 178 valence electrons. The Morgan fingerprint density at radius 3 is 2.56 bits per heavy atom. The highest BCUT2D eigenvalue weighted by atomic mass is 79.9.